The van der Waals surface area contributed by atoms with Gasteiger partial charge in [0.05, 0.1) is 11.2 Å². The van der Waals surface area contributed by atoms with Gasteiger partial charge in [0.2, 0.25) is 11.9 Å². The Morgan fingerprint density at radius 1 is 1.42 bits per heavy atom. The normalized spacial score (nSPS) is 12.3. The average Bonchev–Trinajstić information content (AvgIpc) is 3.14. The molecule has 0 aromatic carbocycles. The van der Waals surface area contributed by atoms with Crippen molar-refractivity contribution in [2.24, 2.45) is 5.73 Å². The smallest absolute Gasteiger partial charge is 0.237 e. The number of carbonyl (C=O) groups is 1. The van der Waals surface area contributed by atoms with E-state index in [0.29, 0.717) is 11.8 Å². The predicted molar refractivity (Wildman–Crippen MR) is 105 cm³/mol. The van der Waals surface area contributed by atoms with Crippen molar-refractivity contribution in [3.8, 4) is 0 Å². The molecule has 0 radical (unpaired) electrons. The second-order valence-corrected chi connectivity index (χ2v) is 7.14. The molecule has 0 saturated heterocycles. The summed E-state index contributed by atoms with van der Waals surface area (Å²) < 4.78 is 6.04. The number of primary amides is 1. The van der Waals surface area contributed by atoms with Gasteiger partial charge in [-0.25, -0.2) is 4.98 Å². The van der Waals surface area contributed by atoms with Gasteiger partial charge in [0.1, 0.15) is 17.1 Å². The molecule has 9 heteroatoms. The standard InChI is InChI=1S/C17H23N7OS/c1-4-5-10(2)19-16-15-12(6-7-24(15)9-13(18)25)20-17(22-16)21-14-8-11(3)23-26-14/h6-8,10H,4-5,9H2,1-3H3,(H2,18,25)(H2,19,20,21,22). The average molecular weight is 373 g/mol. The Balaban J connectivity index is 2.01. The topological polar surface area (TPSA) is 111 Å². The van der Waals surface area contributed by atoms with E-state index in [1.54, 1.807) is 10.8 Å². The van der Waals surface area contributed by atoms with Gasteiger partial charge < -0.3 is 20.9 Å². The zero-order valence-electron chi connectivity index (χ0n) is 15.1. The molecule has 3 aromatic heterocycles. The van der Waals surface area contributed by atoms with E-state index in [-0.39, 0.29) is 12.6 Å². The number of anilines is 3. The Kier molecular flexibility index (Phi) is 5.36. The second kappa shape index (κ2) is 7.69. The van der Waals surface area contributed by atoms with Gasteiger partial charge in [0.15, 0.2) is 5.82 Å². The van der Waals surface area contributed by atoms with Crippen LogP contribution in [0.25, 0.3) is 11.0 Å². The third-order valence-corrected chi connectivity index (χ3v) is 4.70. The lowest BCUT2D eigenvalue weighted by atomic mass is 10.2. The second-order valence-electron chi connectivity index (χ2n) is 6.33. The molecule has 1 atom stereocenters. The van der Waals surface area contributed by atoms with E-state index >= 15 is 0 Å². The highest BCUT2D eigenvalue weighted by Gasteiger charge is 2.15. The minimum Gasteiger partial charge on any atom is -0.368 e. The molecule has 0 fully saturated rings. The predicted octanol–water partition coefficient (Wildman–Crippen LogP) is 3.03. The summed E-state index contributed by atoms with van der Waals surface area (Å²) in [7, 11) is 0. The maximum absolute atomic E-state index is 11.4. The molecule has 0 aliphatic carbocycles. The van der Waals surface area contributed by atoms with Crippen molar-refractivity contribution < 1.29 is 4.79 Å². The number of nitrogens with one attached hydrogen (secondary N) is 2. The number of amides is 1. The summed E-state index contributed by atoms with van der Waals surface area (Å²) in [5, 5.41) is 7.53. The molecule has 0 spiro atoms. The number of rotatable bonds is 8. The minimum absolute atomic E-state index is 0.0878. The number of fused-ring (bicyclic) bond motifs is 1. The van der Waals surface area contributed by atoms with Crippen molar-refractivity contribution in [3.05, 3.63) is 24.0 Å². The first-order valence-electron chi connectivity index (χ1n) is 8.58. The van der Waals surface area contributed by atoms with E-state index in [9.17, 15) is 4.79 Å². The molecule has 0 bridgehead atoms. The lowest BCUT2D eigenvalue weighted by Gasteiger charge is -2.16. The zero-order chi connectivity index (χ0) is 18.7. The molecule has 1 amide bonds. The van der Waals surface area contributed by atoms with Crippen molar-refractivity contribution in [2.45, 2.75) is 46.2 Å². The highest BCUT2D eigenvalue weighted by atomic mass is 32.1. The van der Waals surface area contributed by atoms with Gasteiger partial charge in [-0.3, -0.25) is 4.79 Å². The largest absolute Gasteiger partial charge is 0.368 e. The van der Waals surface area contributed by atoms with E-state index < -0.39 is 5.91 Å². The lowest BCUT2D eigenvalue weighted by molar-refractivity contribution is -0.118. The van der Waals surface area contributed by atoms with Crippen LogP contribution in [-0.4, -0.2) is 30.9 Å². The minimum atomic E-state index is -0.405. The van der Waals surface area contributed by atoms with Crippen LogP contribution in [0.3, 0.4) is 0 Å². The maximum Gasteiger partial charge on any atom is 0.237 e. The first kappa shape index (κ1) is 18.1. The van der Waals surface area contributed by atoms with Crippen LogP contribution < -0.4 is 16.4 Å². The number of nitrogens with two attached hydrogens (primary N) is 1. The molecule has 3 heterocycles. The van der Waals surface area contributed by atoms with Crippen molar-refractivity contribution in [2.75, 3.05) is 10.6 Å². The lowest BCUT2D eigenvalue weighted by Crippen LogP contribution is -2.20. The summed E-state index contributed by atoms with van der Waals surface area (Å²) in [6.07, 6.45) is 3.88. The quantitative estimate of drug-likeness (QED) is 0.560. The molecule has 0 saturated carbocycles. The first-order valence-corrected chi connectivity index (χ1v) is 9.35. The summed E-state index contributed by atoms with van der Waals surface area (Å²) in [4.78, 5) is 20.6. The van der Waals surface area contributed by atoms with E-state index in [4.69, 9.17) is 5.73 Å². The number of aromatic nitrogens is 4. The van der Waals surface area contributed by atoms with Gasteiger partial charge in [0.25, 0.3) is 0 Å². The van der Waals surface area contributed by atoms with E-state index in [1.807, 2.05) is 19.1 Å². The Bertz CT molecular complexity index is 917. The summed E-state index contributed by atoms with van der Waals surface area (Å²) in [6, 6.07) is 4.05. The molecule has 138 valence electrons. The molecule has 3 aromatic rings. The fourth-order valence-electron chi connectivity index (χ4n) is 2.83. The number of nitrogens with zero attached hydrogens (tertiary/aromatic N) is 4. The maximum atomic E-state index is 11.4. The van der Waals surface area contributed by atoms with Crippen molar-refractivity contribution in [1.29, 1.82) is 0 Å². The van der Waals surface area contributed by atoms with Crippen LogP contribution in [0.5, 0.6) is 0 Å². The molecular weight excluding hydrogens is 350 g/mol. The van der Waals surface area contributed by atoms with Crippen molar-refractivity contribution >= 4 is 45.2 Å². The molecule has 0 aliphatic heterocycles. The number of carbonyl (C=O) groups excluding carboxylic acids is 1. The molecular formula is C17H23N7OS. The molecule has 3 rings (SSSR count). The van der Waals surface area contributed by atoms with Gasteiger partial charge in [-0.2, -0.15) is 9.36 Å². The van der Waals surface area contributed by atoms with E-state index in [1.165, 1.54) is 11.5 Å². The molecule has 4 N–H and O–H groups in total. The van der Waals surface area contributed by atoms with Crippen LogP contribution in [0, 0.1) is 6.92 Å². The van der Waals surface area contributed by atoms with Gasteiger partial charge in [0, 0.05) is 12.2 Å². The Labute approximate surface area is 156 Å². The molecule has 1 unspecified atom stereocenters. The first-order chi connectivity index (χ1) is 12.5. The Hall–Kier alpha value is -2.68. The summed E-state index contributed by atoms with van der Waals surface area (Å²) in [6.45, 7) is 6.28. The van der Waals surface area contributed by atoms with Crippen LogP contribution in [0.1, 0.15) is 32.4 Å². The highest BCUT2D eigenvalue weighted by molar-refractivity contribution is 7.10. The molecule has 0 aliphatic rings. The van der Waals surface area contributed by atoms with E-state index in [2.05, 4.69) is 38.8 Å². The zero-order valence-corrected chi connectivity index (χ0v) is 15.9. The van der Waals surface area contributed by atoms with Gasteiger partial charge in [-0.1, -0.05) is 13.3 Å². The molecule has 26 heavy (non-hydrogen) atoms. The fourth-order valence-corrected chi connectivity index (χ4v) is 3.49. The van der Waals surface area contributed by atoms with Crippen LogP contribution in [0.4, 0.5) is 16.8 Å². The van der Waals surface area contributed by atoms with Gasteiger partial charge in [-0.15, -0.1) is 0 Å². The third-order valence-electron chi connectivity index (χ3n) is 3.90. The van der Waals surface area contributed by atoms with Crippen LogP contribution >= 0.6 is 11.5 Å². The van der Waals surface area contributed by atoms with Crippen molar-refractivity contribution in [1.82, 2.24) is 18.9 Å². The monoisotopic (exact) mass is 373 g/mol. The molecule has 8 nitrogen and oxygen atoms in total. The van der Waals surface area contributed by atoms with Crippen LogP contribution in [-0.2, 0) is 11.3 Å². The third kappa shape index (κ3) is 4.10. The van der Waals surface area contributed by atoms with Crippen molar-refractivity contribution in [3.63, 3.8) is 0 Å². The fraction of sp³-hybridized carbons (Fsp3) is 0.412. The van der Waals surface area contributed by atoms with Crippen LogP contribution in [0.15, 0.2) is 18.3 Å². The van der Waals surface area contributed by atoms with Gasteiger partial charge >= 0.3 is 0 Å². The highest BCUT2D eigenvalue weighted by Crippen LogP contribution is 2.27. The summed E-state index contributed by atoms with van der Waals surface area (Å²) in [5.41, 5.74) is 7.84. The number of aryl methyl sites for hydroxylation is 1. The number of hydrogen-bond donors (Lipinski definition) is 3. The van der Waals surface area contributed by atoms with Crippen LogP contribution in [0.2, 0.25) is 0 Å². The number of hydrogen-bond acceptors (Lipinski definition) is 7. The van der Waals surface area contributed by atoms with Gasteiger partial charge in [-0.05, 0) is 43.9 Å². The summed E-state index contributed by atoms with van der Waals surface area (Å²) in [5.74, 6) is 0.771. The van der Waals surface area contributed by atoms with E-state index in [0.717, 1.165) is 34.6 Å². The summed E-state index contributed by atoms with van der Waals surface area (Å²) >= 11 is 1.36. The Morgan fingerprint density at radius 2 is 2.23 bits per heavy atom. The SMILES string of the molecule is CCCC(C)Nc1nc(Nc2cc(C)ns2)nc2ccn(CC(N)=O)c12. The Morgan fingerprint density at radius 3 is 2.88 bits per heavy atom.